The predicted molar refractivity (Wildman–Crippen MR) is 111 cm³/mol. The lowest BCUT2D eigenvalue weighted by Gasteiger charge is -2.22. The Hall–Kier alpha value is -2.42. The fourth-order valence-electron chi connectivity index (χ4n) is 2.83. The van der Waals surface area contributed by atoms with Crippen LogP contribution in [0, 0.1) is 6.92 Å². The molecule has 0 heterocycles. The number of benzene rings is 2. The second-order valence-electron chi connectivity index (χ2n) is 6.59. The topological polar surface area (TPSA) is 84.9 Å². The van der Waals surface area contributed by atoms with Crippen molar-refractivity contribution in [1.29, 1.82) is 0 Å². The van der Waals surface area contributed by atoms with Crippen molar-refractivity contribution in [2.45, 2.75) is 24.8 Å². The lowest BCUT2D eigenvalue weighted by atomic mass is 10.2. The molecule has 0 radical (unpaired) electrons. The van der Waals surface area contributed by atoms with Crippen LogP contribution in [-0.2, 0) is 26.1 Å². The summed E-state index contributed by atoms with van der Waals surface area (Å²) in [7, 11) is -0.761. The van der Waals surface area contributed by atoms with E-state index < -0.39 is 10.0 Å². The summed E-state index contributed by atoms with van der Waals surface area (Å²) in [4.78, 5) is 12.5. The zero-order chi connectivity index (χ0) is 21.3. The standard InChI is InChI=1S/C21H28N2O5S/c1-17-14-19(10-11-20(17)28-3)29(25,26)23(15-18-8-5-4-6-9-18)16-21(24)22-12-7-13-27-2/h4-6,8-11,14H,7,12-13,15-16H2,1-3H3,(H,22,24). The molecular formula is C21H28N2O5S. The molecule has 0 saturated carbocycles. The number of sulfonamides is 1. The third-order valence-corrected chi connectivity index (χ3v) is 6.16. The van der Waals surface area contributed by atoms with E-state index in [2.05, 4.69) is 5.32 Å². The molecule has 2 rings (SSSR count). The Morgan fingerprint density at radius 3 is 2.45 bits per heavy atom. The first-order chi connectivity index (χ1) is 13.9. The highest BCUT2D eigenvalue weighted by Crippen LogP contribution is 2.24. The number of aryl methyl sites for hydroxylation is 1. The van der Waals surface area contributed by atoms with E-state index >= 15 is 0 Å². The van der Waals surface area contributed by atoms with Gasteiger partial charge in [0.1, 0.15) is 5.75 Å². The molecule has 0 bridgehead atoms. The Kier molecular flexibility index (Phi) is 8.63. The van der Waals surface area contributed by atoms with Crippen molar-refractivity contribution in [2.75, 3.05) is 33.9 Å². The van der Waals surface area contributed by atoms with Crippen LogP contribution >= 0.6 is 0 Å². The summed E-state index contributed by atoms with van der Waals surface area (Å²) in [6.07, 6.45) is 0.658. The Labute approximate surface area is 172 Å². The monoisotopic (exact) mass is 420 g/mol. The number of nitrogens with zero attached hydrogens (tertiary/aromatic N) is 1. The molecule has 29 heavy (non-hydrogen) atoms. The Morgan fingerprint density at radius 2 is 1.83 bits per heavy atom. The van der Waals surface area contributed by atoms with Crippen molar-refractivity contribution in [1.82, 2.24) is 9.62 Å². The summed E-state index contributed by atoms with van der Waals surface area (Å²) in [5, 5.41) is 2.74. The second kappa shape index (κ2) is 10.9. The van der Waals surface area contributed by atoms with Crippen molar-refractivity contribution in [3.05, 3.63) is 59.7 Å². The van der Waals surface area contributed by atoms with Gasteiger partial charge >= 0.3 is 0 Å². The molecule has 1 N–H and O–H groups in total. The maximum absolute atomic E-state index is 13.3. The van der Waals surface area contributed by atoms with Gasteiger partial charge in [-0.15, -0.1) is 0 Å². The summed E-state index contributed by atoms with van der Waals surface area (Å²) in [5.41, 5.74) is 1.51. The van der Waals surface area contributed by atoms with E-state index in [0.717, 1.165) is 5.56 Å². The highest BCUT2D eigenvalue weighted by molar-refractivity contribution is 7.89. The first kappa shape index (κ1) is 22.9. The molecule has 0 saturated heterocycles. The van der Waals surface area contributed by atoms with E-state index in [1.54, 1.807) is 26.2 Å². The van der Waals surface area contributed by atoms with E-state index in [0.29, 0.717) is 30.9 Å². The summed E-state index contributed by atoms with van der Waals surface area (Å²) < 4.78 is 37.9. The molecule has 7 nitrogen and oxygen atoms in total. The van der Waals surface area contributed by atoms with Crippen molar-refractivity contribution in [3.8, 4) is 5.75 Å². The van der Waals surface area contributed by atoms with Gasteiger partial charge in [0.05, 0.1) is 18.6 Å². The van der Waals surface area contributed by atoms with Crippen molar-refractivity contribution in [2.24, 2.45) is 0 Å². The number of nitrogens with one attached hydrogen (secondary N) is 1. The number of ether oxygens (including phenoxy) is 2. The Balaban J connectivity index is 2.25. The van der Waals surface area contributed by atoms with Crippen LogP contribution in [0.15, 0.2) is 53.4 Å². The van der Waals surface area contributed by atoms with Crippen LogP contribution < -0.4 is 10.1 Å². The van der Waals surface area contributed by atoms with Crippen LogP contribution in [0.25, 0.3) is 0 Å². The maximum atomic E-state index is 13.3. The van der Waals surface area contributed by atoms with Gasteiger partial charge in [0.15, 0.2) is 0 Å². The van der Waals surface area contributed by atoms with Crippen molar-refractivity contribution >= 4 is 15.9 Å². The first-order valence-corrected chi connectivity index (χ1v) is 10.8. The molecule has 0 unspecified atom stereocenters. The third kappa shape index (κ3) is 6.56. The van der Waals surface area contributed by atoms with Crippen LogP contribution in [0.2, 0.25) is 0 Å². The van der Waals surface area contributed by atoms with Crippen LogP contribution in [0.3, 0.4) is 0 Å². The summed E-state index contributed by atoms with van der Waals surface area (Å²) in [6, 6.07) is 13.9. The summed E-state index contributed by atoms with van der Waals surface area (Å²) in [6.45, 7) is 2.56. The minimum absolute atomic E-state index is 0.0970. The largest absolute Gasteiger partial charge is 0.496 e. The minimum Gasteiger partial charge on any atom is -0.496 e. The van der Waals surface area contributed by atoms with Crippen LogP contribution in [0.4, 0.5) is 0 Å². The molecule has 8 heteroatoms. The van der Waals surface area contributed by atoms with E-state index in [4.69, 9.17) is 9.47 Å². The third-order valence-electron chi connectivity index (χ3n) is 4.37. The average molecular weight is 421 g/mol. The number of carbonyl (C=O) groups is 1. The van der Waals surface area contributed by atoms with Gasteiger partial charge in [-0.2, -0.15) is 4.31 Å². The maximum Gasteiger partial charge on any atom is 0.243 e. The SMILES string of the molecule is COCCCNC(=O)CN(Cc1ccccc1)S(=O)(=O)c1ccc(OC)c(C)c1. The minimum atomic E-state index is -3.88. The zero-order valence-corrected chi connectivity index (χ0v) is 17.9. The van der Waals surface area contributed by atoms with Crippen LogP contribution in [0.1, 0.15) is 17.5 Å². The van der Waals surface area contributed by atoms with Gasteiger partial charge < -0.3 is 14.8 Å². The Morgan fingerprint density at radius 1 is 1.10 bits per heavy atom. The number of carbonyl (C=O) groups excluding carboxylic acids is 1. The molecule has 2 aromatic rings. The predicted octanol–water partition coefficient (Wildman–Crippen LogP) is 2.35. The van der Waals surface area contributed by atoms with Gasteiger partial charge in [0.2, 0.25) is 15.9 Å². The number of amides is 1. The fraction of sp³-hybridized carbons (Fsp3) is 0.381. The van der Waals surface area contributed by atoms with Gasteiger partial charge in [-0.05, 0) is 42.7 Å². The van der Waals surface area contributed by atoms with Crippen LogP contribution in [-0.4, -0.2) is 52.5 Å². The van der Waals surface area contributed by atoms with Gasteiger partial charge in [-0.3, -0.25) is 4.79 Å². The molecule has 0 atom stereocenters. The molecule has 0 aromatic heterocycles. The van der Waals surface area contributed by atoms with Gasteiger partial charge in [-0.1, -0.05) is 30.3 Å². The van der Waals surface area contributed by atoms with Gasteiger partial charge in [0.25, 0.3) is 0 Å². The molecule has 2 aromatic carbocycles. The fourth-order valence-corrected chi connectivity index (χ4v) is 4.30. The van der Waals surface area contributed by atoms with E-state index in [1.165, 1.54) is 17.5 Å². The zero-order valence-electron chi connectivity index (χ0n) is 17.1. The number of rotatable bonds is 11. The number of methoxy groups -OCH3 is 2. The van der Waals surface area contributed by atoms with Gasteiger partial charge in [0, 0.05) is 26.8 Å². The molecule has 0 fully saturated rings. The lowest BCUT2D eigenvalue weighted by Crippen LogP contribution is -2.40. The second-order valence-corrected chi connectivity index (χ2v) is 8.52. The number of hydrogen-bond acceptors (Lipinski definition) is 5. The molecule has 0 spiro atoms. The first-order valence-electron chi connectivity index (χ1n) is 9.33. The highest BCUT2D eigenvalue weighted by Gasteiger charge is 2.27. The van der Waals surface area contributed by atoms with E-state index in [9.17, 15) is 13.2 Å². The van der Waals surface area contributed by atoms with Gasteiger partial charge in [-0.25, -0.2) is 8.42 Å². The van der Waals surface area contributed by atoms with Crippen molar-refractivity contribution < 1.29 is 22.7 Å². The molecule has 0 aliphatic carbocycles. The molecule has 1 amide bonds. The molecule has 0 aliphatic rings. The smallest absolute Gasteiger partial charge is 0.243 e. The quantitative estimate of drug-likeness (QED) is 0.564. The Bertz CT molecular complexity index is 901. The molecule has 158 valence electrons. The molecular weight excluding hydrogens is 392 g/mol. The summed E-state index contributed by atoms with van der Waals surface area (Å²) in [5.74, 6) is 0.250. The van der Waals surface area contributed by atoms with E-state index in [1.807, 2.05) is 30.3 Å². The van der Waals surface area contributed by atoms with E-state index in [-0.39, 0.29) is 23.9 Å². The van der Waals surface area contributed by atoms with Crippen LogP contribution in [0.5, 0.6) is 5.75 Å². The normalized spacial score (nSPS) is 11.4. The molecule has 0 aliphatic heterocycles. The number of hydrogen-bond donors (Lipinski definition) is 1. The highest BCUT2D eigenvalue weighted by atomic mass is 32.2. The average Bonchev–Trinajstić information content (AvgIpc) is 2.71. The van der Waals surface area contributed by atoms with Crippen molar-refractivity contribution in [3.63, 3.8) is 0 Å². The summed E-state index contributed by atoms with van der Waals surface area (Å²) >= 11 is 0. The lowest BCUT2D eigenvalue weighted by molar-refractivity contribution is -0.121.